The molecule has 0 fully saturated rings. The van der Waals surface area contributed by atoms with Crippen LogP contribution in [0.2, 0.25) is 0 Å². The molecule has 1 atom stereocenters. The highest BCUT2D eigenvalue weighted by atomic mass is 16.6. The Morgan fingerprint density at radius 1 is 0.259 bits per heavy atom. The number of esters is 3. The molecule has 0 aliphatic rings. The Balaban J connectivity index is 4.22. The molecule has 0 aliphatic carbocycles. The smallest absolute Gasteiger partial charge is 0.306 e. The van der Waals surface area contributed by atoms with Crippen LogP contribution in [0.3, 0.4) is 0 Å². The number of hydrogen-bond acceptors (Lipinski definition) is 6. The van der Waals surface area contributed by atoms with Crippen LogP contribution in [0.1, 0.15) is 367 Å². The number of rotatable bonds is 65. The van der Waals surface area contributed by atoms with Gasteiger partial charge in [0.05, 0.1) is 0 Å². The predicted octanol–water partition coefficient (Wildman–Crippen LogP) is 24.4. The maximum absolute atomic E-state index is 12.9. The van der Waals surface area contributed by atoms with Crippen LogP contribution in [0, 0.1) is 0 Å². The van der Waals surface area contributed by atoms with Gasteiger partial charge in [0.25, 0.3) is 0 Å². The predicted molar refractivity (Wildman–Crippen MR) is 353 cm³/mol. The lowest BCUT2D eigenvalue weighted by Crippen LogP contribution is -2.30. The monoisotopic (exact) mass is 1130 g/mol. The van der Waals surface area contributed by atoms with Crippen LogP contribution in [-0.2, 0) is 28.6 Å². The lowest BCUT2D eigenvalue weighted by molar-refractivity contribution is -0.167. The molecule has 0 heterocycles. The molecule has 0 amide bonds. The molecular formula is C75H134O6. The topological polar surface area (TPSA) is 78.9 Å². The zero-order valence-electron chi connectivity index (χ0n) is 54.1. The van der Waals surface area contributed by atoms with Crippen LogP contribution in [0.15, 0.2) is 72.9 Å². The van der Waals surface area contributed by atoms with E-state index in [0.29, 0.717) is 19.3 Å². The lowest BCUT2D eigenvalue weighted by Gasteiger charge is -2.18. The molecule has 470 valence electrons. The Kier molecular flexibility index (Phi) is 66.6. The first-order valence-corrected chi connectivity index (χ1v) is 35.4. The fraction of sp³-hybridized carbons (Fsp3) is 0.800. The molecule has 0 aromatic rings. The molecule has 0 radical (unpaired) electrons. The van der Waals surface area contributed by atoms with Crippen molar-refractivity contribution in [1.82, 2.24) is 0 Å². The van der Waals surface area contributed by atoms with E-state index in [-0.39, 0.29) is 31.1 Å². The van der Waals surface area contributed by atoms with Gasteiger partial charge in [0.1, 0.15) is 13.2 Å². The second-order valence-electron chi connectivity index (χ2n) is 23.8. The summed E-state index contributed by atoms with van der Waals surface area (Å²) in [5.74, 6) is -0.860. The van der Waals surface area contributed by atoms with Gasteiger partial charge in [-0.2, -0.15) is 0 Å². The quantitative estimate of drug-likeness (QED) is 0.0261. The average Bonchev–Trinajstić information content (AvgIpc) is 3.47. The highest BCUT2D eigenvalue weighted by Gasteiger charge is 2.19. The zero-order valence-corrected chi connectivity index (χ0v) is 54.1. The lowest BCUT2D eigenvalue weighted by atomic mass is 10.0. The normalized spacial score (nSPS) is 12.5. The molecule has 0 rings (SSSR count). The summed E-state index contributed by atoms with van der Waals surface area (Å²) in [4.78, 5) is 38.4. The summed E-state index contributed by atoms with van der Waals surface area (Å²) in [6.07, 6.45) is 90.8. The fourth-order valence-electron chi connectivity index (χ4n) is 10.5. The summed E-state index contributed by atoms with van der Waals surface area (Å²) in [6.45, 7) is 6.57. The molecular weight excluding hydrogens is 997 g/mol. The van der Waals surface area contributed by atoms with E-state index in [1.807, 2.05) is 0 Å². The van der Waals surface area contributed by atoms with Crippen molar-refractivity contribution in [2.75, 3.05) is 13.2 Å². The molecule has 1 unspecified atom stereocenters. The first-order chi connectivity index (χ1) is 40.0. The Hall–Kier alpha value is -3.15. The molecule has 0 aliphatic heterocycles. The third-order valence-corrected chi connectivity index (χ3v) is 15.7. The molecule has 6 heteroatoms. The van der Waals surface area contributed by atoms with Gasteiger partial charge in [0.2, 0.25) is 0 Å². The maximum Gasteiger partial charge on any atom is 0.306 e. The second kappa shape index (κ2) is 69.3. The summed E-state index contributed by atoms with van der Waals surface area (Å²) < 4.78 is 17.0. The Labute approximate surface area is 503 Å². The fourth-order valence-corrected chi connectivity index (χ4v) is 10.5. The molecule has 0 N–H and O–H groups in total. The Bertz CT molecular complexity index is 1490. The minimum Gasteiger partial charge on any atom is -0.462 e. The largest absolute Gasteiger partial charge is 0.462 e. The van der Waals surface area contributed by atoms with Crippen molar-refractivity contribution >= 4 is 17.9 Å². The van der Waals surface area contributed by atoms with Crippen LogP contribution in [0.4, 0.5) is 0 Å². The van der Waals surface area contributed by atoms with Crippen LogP contribution in [0.25, 0.3) is 0 Å². The first kappa shape index (κ1) is 77.9. The van der Waals surface area contributed by atoms with E-state index in [2.05, 4.69) is 93.7 Å². The maximum atomic E-state index is 12.9. The van der Waals surface area contributed by atoms with Crippen LogP contribution >= 0.6 is 0 Å². The summed E-state index contributed by atoms with van der Waals surface area (Å²) in [6, 6.07) is 0. The minimum atomic E-state index is -0.777. The molecule has 0 saturated heterocycles. The number of carbonyl (C=O) groups excluding carboxylic acids is 3. The molecule has 6 nitrogen and oxygen atoms in total. The molecule has 0 aromatic heterocycles. The van der Waals surface area contributed by atoms with Crippen molar-refractivity contribution in [1.29, 1.82) is 0 Å². The Morgan fingerprint density at radius 2 is 0.481 bits per heavy atom. The van der Waals surface area contributed by atoms with Gasteiger partial charge in [0.15, 0.2) is 6.10 Å². The van der Waals surface area contributed by atoms with Gasteiger partial charge in [-0.05, 0) is 70.6 Å². The van der Waals surface area contributed by atoms with E-state index in [1.54, 1.807) is 0 Å². The van der Waals surface area contributed by atoms with Crippen molar-refractivity contribution in [2.45, 2.75) is 374 Å². The molecule has 81 heavy (non-hydrogen) atoms. The number of allylic oxidation sites excluding steroid dienone is 12. The molecule has 0 saturated carbocycles. The summed E-state index contributed by atoms with van der Waals surface area (Å²) >= 11 is 0. The van der Waals surface area contributed by atoms with Crippen molar-refractivity contribution in [3.8, 4) is 0 Å². The van der Waals surface area contributed by atoms with Crippen LogP contribution in [-0.4, -0.2) is 37.2 Å². The highest BCUT2D eigenvalue weighted by Crippen LogP contribution is 2.18. The average molecular weight is 1130 g/mol. The van der Waals surface area contributed by atoms with Gasteiger partial charge >= 0.3 is 17.9 Å². The zero-order chi connectivity index (χ0) is 58.5. The van der Waals surface area contributed by atoms with Gasteiger partial charge < -0.3 is 14.2 Å². The van der Waals surface area contributed by atoms with Gasteiger partial charge in [-0.15, -0.1) is 0 Å². The van der Waals surface area contributed by atoms with Gasteiger partial charge in [0, 0.05) is 19.3 Å². The van der Waals surface area contributed by atoms with Gasteiger partial charge in [-0.1, -0.05) is 351 Å². The van der Waals surface area contributed by atoms with E-state index in [9.17, 15) is 14.4 Å². The molecule has 0 bridgehead atoms. The van der Waals surface area contributed by atoms with E-state index in [4.69, 9.17) is 14.2 Å². The van der Waals surface area contributed by atoms with E-state index < -0.39 is 6.10 Å². The number of ether oxygens (including phenoxy) is 3. The van der Waals surface area contributed by atoms with Gasteiger partial charge in [-0.25, -0.2) is 0 Å². The first-order valence-electron chi connectivity index (χ1n) is 35.4. The van der Waals surface area contributed by atoms with Crippen molar-refractivity contribution in [3.63, 3.8) is 0 Å². The van der Waals surface area contributed by atoms with Crippen molar-refractivity contribution in [3.05, 3.63) is 72.9 Å². The van der Waals surface area contributed by atoms with Crippen LogP contribution in [0.5, 0.6) is 0 Å². The van der Waals surface area contributed by atoms with E-state index in [0.717, 1.165) is 103 Å². The van der Waals surface area contributed by atoms with Crippen molar-refractivity contribution < 1.29 is 28.6 Å². The number of unbranched alkanes of at least 4 members (excludes halogenated alkanes) is 42. The second-order valence-corrected chi connectivity index (χ2v) is 23.8. The number of hydrogen-bond donors (Lipinski definition) is 0. The third kappa shape index (κ3) is 67.5. The summed E-state index contributed by atoms with van der Waals surface area (Å²) in [7, 11) is 0. The van der Waals surface area contributed by atoms with E-state index in [1.165, 1.54) is 225 Å². The SMILES string of the molecule is CC/C=C\C/C=C\C/C=C\C/C=C\C/C=C\C/C=C\CCCCCCCCCCC(=O)OCC(COC(=O)CCCCCCCCCCCCC)OC(=O)CCCCCCCCCCCCCCCCCCCCCCCCCCC. The standard InChI is InChI=1S/C75H134O6/c1-4-7-10-13-16-19-22-24-26-28-30-32-34-36-37-39-40-42-44-46-48-50-53-56-59-62-65-68-74(77)80-71-72(70-79-73(76)67-64-61-58-55-52-21-18-15-12-9-6-3)81-75(78)69-66-63-60-57-54-51-49-47-45-43-41-38-35-33-31-29-27-25-23-20-17-14-11-8-5-2/h7,10,16,19,24,26,30,32,36-37,40,42,72H,4-6,8-9,11-15,17-18,20-23,25,27-29,31,33-35,38-39,41,43-71H2,1-3H3/b10-7-,19-16-,26-24-,32-30-,37-36-,42-40-. The highest BCUT2D eigenvalue weighted by molar-refractivity contribution is 5.71. The summed E-state index contributed by atoms with van der Waals surface area (Å²) in [5, 5.41) is 0. The van der Waals surface area contributed by atoms with Crippen molar-refractivity contribution in [2.24, 2.45) is 0 Å². The molecule has 0 spiro atoms. The van der Waals surface area contributed by atoms with E-state index >= 15 is 0 Å². The summed E-state index contributed by atoms with van der Waals surface area (Å²) in [5.41, 5.74) is 0. The third-order valence-electron chi connectivity index (χ3n) is 15.7. The molecule has 0 aromatic carbocycles. The van der Waals surface area contributed by atoms with Gasteiger partial charge in [-0.3, -0.25) is 14.4 Å². The van der Waals surface area contributed by atoms with Crippen LogP contribution < -0.4 is 0 Å². The Morgan fingerprint density at radius 3 is 0.753 bits per heavy atom. The number of carbonyl (C=O) groups is 3. The minimum absolute atomic E-state index is 0.0727.